The van der Waals surface area contributed by atoms with Gasteiger partial charge in [-0.1, -0.05) is 18.2 Å². The first kappa shape index (κ1) is 17.5. The van der Waals surface area contributed by atoms with Crippen molar-refractivity contribution in [1.82, 2.24) is 14.9 Å². The van der Waals surface area contributed by atoms with Crippen LogP contribution >= 0.6 is 0 Å². The maximum absolute atomic E-state index is 12.2. The third-order valence-electron chi connectivity index (χ3n) is 4.67. The summed E-state index contributed by atoms with van der Waals surface area (Å²) >= 11 is 0. The van der Waals surface area contributed by atoms with Gasteiger partial charge in [0, 0.05) is 36.8 Å². The Morgan fingerprint density at radius 1 is 1.15 bits per heavy atom. The van der Waals surface area contributed by atoms with Gasteiger partial charge in [0.15, 0.2) is 0 Å². The van der Waals surface area contributed by atoms with E-state index in [0.29, 0.717) is 24.6 Å². The number of likely N-dealkylation sites (tertiary alicyclic amines) is 1. The highest BCUT2D eigenvalue weighted by Crippen LogP contribution is 2.23. The molecule has 0 aliphatic carbocycles. The SMILES string of the molecule is COc1ccc(-c2cc(=O)[nH]c(-c3cccc(CN4CC(O)C4)c3)n2)cc1. The number of rotatable bonds is 5. The topological polar surface area (TPSA) is 78.5 Å². The summed E-state index contributed by atoms with van der Waals surface area (Å²) in [6, 6.07) is 16.9. The summed E-state index contributed by atoms with van der Waals surface area (Å²) in [5, 5.41) is 9.43. The molecular weight excluding hydrogens is 342 g/mol. The van der Waals surface area contributed by atoms with E-state index in [1.54, 1.807) is 7.11 Å². The van der Waals surface area contributed by atoms with Gasteiger partial charge in [-0.3, -0.25) is 9.69 Å². The molecule has 0 spiro atoms. The van der Waals surface area contributed by atoms with Crippen LogP contribution in [0, 0.1) is 0 Å². The molecule has 2 aromatic carbocycles. The molecule has 1 aliphatic heterocycles. The van der Waals surface area contributed by atoms with Crippen LogP contribution in [0.25, 0.3) is 22.6 Å². The number of aliphatic hydroxyl groups excluding tert-OH is 1. The fraction of sp³-hybridized carbons (Fsp3) is 0.238. The number of nitrogens with one attached hydrogen (secondary N) is 1. The largest absolute Gasteiger partial charge is 0.497 e. The highest BCUT2D eigenvalue weighted by molar-refractivity contribution is 5.64. The number of aromatic nitrogens is 2. The number of ether oxygens (including phenoxy) is 1. The van der Waals surface area contributed by atoms with E-state index < -0.39 is 0 Å². The van der Waals surface area contributed by atoms with E-state index in [-0.39, 0.29) is 11.7 Å². The molecule has 1 fully saturated rings. The molecule has 2 heterocycles. The van der Waals surface area contributed by atoms with E-state index in [4.69, 9.17) is 4.74 Å². The molecule has 0 unspecified atom stereocenters. The summed E-state index contributed by atoms with van der Waals surface area (Å²) in [5.41, 5.74) is 3.27. The zero-order valence-corrected chi connectivity index (χ0v) is 15.1. The van der Waals surface area contributed by atoms with Crippen LogP contribution in [0.1, 0.15) is 5.56 Å². The van der Waals surface area contributed by atoms with Gasteiger partial charge in [0.1, 0.15) is 11.6 Å². The van der Waals surface area contributed by atoms with Crippen LogP contribution in [0.15, 0.2) is 59.4 Å². The molecule has 0 atom stereocenters. The Labute approximate surface area is 157 Å². The molecule has 1 aromatic heterocycles. The third kappa shape index (κ3) is 3.92. The summed E-state index contributed by atoms with van der Waals surface area (Å²) < 4.78 is 5.18. The van der Waals surface area contributed by atoms with Gasteiger partial charge >= 0.3 is 0 Å². The number of nitrogens with zero attached hydrogens (tertiary/aromatic N) is 2. The first-order valence-corrected chi connectivity index (χ1v) is 8.86. The van der Waals surface area contributed by atoms with Gasteiger partial charge in [-0.25, -0.2) is 4.98 Å². The average molecular weight is 363 g/mol. The van der Waals surface area contributed by atoms with Crippen molar-refractivity contribution in [3.63, 3.8) is 0 Å². The second-order valence-corrected chi connectivity index (χ2v) is 6.76. The van der Waals surface area contributed by atoms with Crippen molar-refractivity contribution in [2.24, 2.45) is 0 Å². The predicted octanol–water partition coefficient (Wildman–Crippen LogP) is 2.29. The van der Waals surface area contributed by atoms with Crippen molar-refractivity contribution in [1.29, 1.82) is 0 Å². The summed E-state index contributed by atoms with van der Waals surface area (Å²) in [6.45, 7) is 2.17. The first-order chi connectivity index (χ1) is 13.1. The minimum Gasteiger partial charge on any atom is -0.497 e. The van der Waals surface area contributed by atoms with Crippen molar-refractivity contribution < 1.29 is 9.84 Å². The lowest BCUT2D eigenvalue weighted by Crippen LogP contribution is -2.49. The Morgan fingerprint density at radius 3 is 2.63 bits per heavy atom. The number of methoxy groups -OCH3 is 1. The summed E-state index contributed by atoms with van der Waals surface area (Å²) in [7, 11) is 1.62. The lowest BCUT2D eigenvalue weighted by atomic mass is 10.1. The van der Waals surface area contributed by atoms with Crippen LogP contribution in [-0.4, -0.2) is 46.3 Å². The Bertz CT molecular complexity index is 992. The van der Waals surface area contributed by atoms with Gasteiger partial charge in [0.25, 0.3) is 5.56 Å². The zero-order chi connectivity index (χ0) is 18.8. The lowest BCUT2D eigenvalue weighted by molar-refractivity contribution is -0.00285. The molecule has 4 rings (SSSR count). The second kappa shape index (κ2) is 7.34. The fourth-order valence-corrected chi connectivity index (χ4v) is 3.25. The van der Waals surface area contributed by atoms with E-state index in [9.17, 15) is 9.90 Å². The molecule has 0 saturated carbocycles. The van der Waals surface area contributed by atoms with Crippen molar-refractivity contribution in [2.75, 3.05) is 20.2 Å². The van der Waals surface area contributed by atoms with Crippen LogP contribution in [0.2, 0.25) is 0 Å². The average Bonchev–Trinajstić information content (AvgIpc) is 2.67. The van der Waals surface area contributed by atoms with E-state index in [1.807, 2.05) is 48.5 Å². The minimum absolute atomic E-state index is 0.193. The van der Waals surface area contributed by atoms with Gasteiger partial charge in [-0.15, -0.1) is 0 Å². The summed E-state index contributed by atoms with van der Waals surface area (Å²) in [4.78, 5) is 21.8. The molecule has 0 amide bonds. The van der Waals surface area contributed by atoms with Gasteiger partial charge in [0.05, 0.1) is 18.9 Å². The Morgan fingerprint density at radius 2 is 1.93 bits per heavy atom. The van der Waals surface area contributed by atoms with Crippen LogP contribution < -0.4 is 10.3 Å². The molecular formula is C21H21N3O3. The molecule has 1 aliphatic rings. The predicted molar refractivity (Wildman–Crippen MR) is 104 cm³/mol. The highest BCUT2D eigenvalue weighted by Gasteiger charge is 2.23. The fourth-order valence-electron chi connectivity index (χ4n) is 3.25. The van der Waals surface area contributed by atoms with Gasteiger partial charge < -0.3 is 14.8 Å². The molecule has 3 aromatic rings. The summed E-state index contributed by atoms with van der Waals surface area (Å²) in [5.74, 6) is 1.30. The molecule has 138 valence electrons. The molecule has 0 bridgehead atoms. The van der Waals surface area contributed by atoms with Crippen molar-refractivity contribution >= 4 is 0 Å². The van der Waals surface area contributed by atoms with E-state index in [1.165, 1.54) is 6.07 Å². The molecule has 6 heteroatoms. The maximum atomic E-state index is 12.2. The minimum atomic E-state index is -0.215. The standard InChI is InChI=1S/C21H21N3O3/c1-27-18-7-5-15(6-8-18)19-10-20(26)23-21(22-19)16-4-2-3-14(9-16)11-24-12-17(25)13-24/h2-10,17,25H,11-13H2,1H3,(H,22,23,26). The van der Waals surface area contributed by atoms with E-state index in [0.717, 1.165) is 29.0 Å². The molecule has 27 heavy (non-hydrogen) atoms. The quantitative estimate of drug-likeness (QED) is 0.727. The number of aliphatic hydroxyl groups is 1. The van der Waals surface area contributed by atoms with Crippen LogP contribution in [0.4, 0.5) is 0 Å². The zero-order valence-electron chi connectivity index (χ0n) is 15.1. The smallest absolute Gasteiger partial charge is 0.251 e. The Hall–Kier alpha value is -2.96. The van der Waals surface area contributed by atoms with Gasteiger partial charge in [0.2, 0.25) is 0 Å². The third-order valence-corrected chi connectivity index (χ3v) is 4.67. The number of H-pyrrole nitrogens is 1. The Kier molecular flexibility index (Phi) is 4.75. The number of aromatic amines is 1. The van der Waals surface area contributed by atoms with Crippen LogP contribution in [-0.2, 0) is 6.54 Å². The Balaban J connectivity index is 1.63. The van der Waals surface area contributed by atoms with Gasteiger partial charge in [-0.2, -0.15) is 0 Å². The lowest BCUT2D eigenvalue weighted by Gasteiger charge is -2.35. The maximum Gasteiger partial charge on any atom is 0.251 e. The normalized spacial score (nSPS) is 14.7. The van der Waals surface area contributed by atoms with E-state index in [2.05, 4.69) is 14.9 Å². The van der Waals surface area contributed by atoms with Crippen LogP contribution in [0.3, 0.4) is 0 Å². The molecule has 6 nitrogen and oxygen atoms in total. The molecule has 0 radical (unpaired) electrons. The number of hydrogen-bond donors (Lipinski definition) is 2. The van der Waals surface area contributed by atoms with Crippen molar-refractivity contribution in [2.45, 2.75) is 12.6 Å². The first-order valence-electron chi connectivity index (χ1n) is 8.86. The number of β-amino-alcohol motifs (C(OH)–C–C–N with tert-alkyl or cyclic N) is 1. The van der Waals surface area contributed by atoms with Crippen molar-refractivity contribution in [3.05, 3.63) is 70.5 Å². The van der Waals surface area contributed by atoms with Crippen LogP contribution in [0.5, 0.6) is 5.75 Å². The molecule has 1 saturated heterocycles. The molecule has 2 N–H and O–H groups in total. The number of benzene rings is 2. The highest BCUT2D eigenvalue weighted by atomic mass is 16.5. The van der Waals surface area contributed by atoms with Crippen molar-refractivity contribution in [3.8, 4) is 28.4 Å². The van der Waals surface area contributed by atoms with Gasteiger partial charge in [-0.05, 0) is 35.9 Å². The number of hydrogen-bond acceptors (Lipinski definition) is 5. The summed E-state index contributed by atoms with van der Waals surface area (Å²) in [6.07, 6.45) is -0.215. The van der Waals surface area contributed by atoms with E-state index >= 15 is 0 Å². The monoisotopic (exact) mass is 363 g/mol. The second-order valence-electron chi connectivity index (χ2n) is 6.76.